The summed E-state index contributed by atoms with van der Waals surface area (Å²) < 4.78 is 0. The molecule has 2 aromatic carbocycles. The summed E-state index contributed by atoms with van der Waals surface area (Å²) in [6.45, 7) is 0. The Morgan fingerprint density at radius 3 is 2.33 bits per heavy atom. The smallest absolute Gasteiger partial charge is 0.185 e. The van der Waals surface area contributed by atoms with Gasteiger partial charge in [0.15, 0.2) is 5.78 Å². The third kappa shape index (κ3) is 4.89. The predicted octanol–water partition coefficient (Wildman–Crippen LogP) is 6.02. The normalized spacial score (nSPS) is 11.0. The molecule has 2 rings (SSSR count). The third-order valence-electron chi connectivity index (χ3n) is 2.98. The Morgan fingerprint density at radius 2 is 1.67 bits per heavy atom. The summed E-state index contributed by atoms with van der Waals surface area (Å²) in [7, 11) is 0. The van der Waals surface area contributed by atoms with E-state index in [4.69, 9.17) is 34.8 Å². The van der Waals surface area contributed by atoms with Gasteiger partial charge in [0, 0.05) is 10.6 Å². The van der Waals surface area contributed by atoms with Crippen molar-refractivity contribution in [3.05, 3.63) is 80.8 Å². The van der Waals surface area contributed by atoms with Crippen LogP contribution in [0.1, 0.15) is 22.3 Å². The summed E-state index contributed by atoms with van der Waals surface area (Å²) in [5, 5.41) is 1.72. The van der Waals surface area contributed by atoms with Gasteiger partial charge in [0.1, 0.15) is 0 Å². The molecule has 0 aliphatic heterocycles. The second-order valence-corrected chi connectivity index (χ2v) is 5.81. The molecule has 2 aromatic rings. The van der Waals surface area contributed by atoms with Crippen molar-refractivity contribution in [2.75, 3.05) is 0 Å². The molecule has 1 nitrogen and oxygen atoms in total. The lowest BCUT2D eigenvalue weighted by molar-refractivity contribution is 0.104. The fraction of sp³-hybridized carbons (Fsp3) is 0.118. The van der Waals surface area contributed by atoms with Gasteiger partial charge in [-0.1, -0.05) is 46.9 Å². The average Bonchev–Trinajstić information content (AvgIpc) is 2.47. The number of ketones is 1. The maximum Gasteiger partial charge on any atom is 0.185 e. The number of carbonyl (C=O) groups excluding carboxylic acids is 1. The van der Waals surface area contributed by atoms with Crippen molar-refractivity contribution < 1.29 is 4.79 Å². The largest absolute Gasteiger partial charge is 0.289 e. The number of carbonyl (C=O) groups is 1. The lowest BCUT2D eigenvalue weighted by Crippen LogP contribution is -1.93. The molecule has 0 atom stereocenters. The van der Waals surface area contributed by atoms with Crippen molar-refractivity contribution in [2.45, 2.75) is 12.8 Å². The maximum absolute atomic E-state index is 11.9. The molecule has 0 fully saturated rings. The topological polar surface area (TPSA) is 17.1 Å². The van der Waals surface area contributed by atoms with Crippen LogP contribution in [0, 0.1) is 0 Å². The van der Waals surface area contributed by atoms with Crippen LogP contribution >= 0.6 is 34.8 Å². The highest BCUT2D eigenvalue weighted by molar-refractivity contribution is 6.42. The predicted molar refractivity (Wildman–Crippen MR) is 89.7 cm³/mol. The molecule has 0 aromatic heterocycles. The molecule has 0 aliphatic rings. The molecule has 0 amide bonds. The minimum absolute atomic E-state index is 0.0270. The van der Waals surface area contributed by atoms with Crippen LogP contribution in [0.2, 0.25) is 15.1 Å². The Labute approximate surface area is 139 Å². The second kappa shape index (κ2) is 7.65. The van der Waals surface area contributed by atoms with E-state index >= 15 is 0 Å². The monoisotopic (exact) mass is 338 g/mol. The first-order valence-electron chi connectivity index (χ1n) is 6.46. The van der Waals surface area contributed by atoms with E-state index in [0.29, 0.717) is 20.6 Å². The number of aryl methyl sites for hydroxylation is 1. The van der Waals surface area contributed by atoms with Gasteiger partial charge in [-0.05, 0) is 60.9 Å². The van der Waals surface area contributed by atoms with E-state index in [-0.39, 0.29) is 5.78 Å². The molecule has 0 unspecified atom stereocenters. The number of hydrogen-bond donors (Lipinski definition) is 0. The van der Waals surface area contributed by atoms with E-state index in [1.165, 1.54) is 0 Å². The van der Waals surface area contributed by atoms with Crippen LogP contribution in [0.25, 0.3) is 0 Å². The van der Waals surface area contributed by atoms with Gasteiger partial charge in [0.2, 0.25) is 0 Å². The van der Waals surface area contributed by atoms with E-state index in [1.807, 2.05) is 18.2 Å². The summed E-state index contributed by atoms with van der Waals surface area (Å²) in [5.74, 6) is -0.0270. The van der Waals surface area contributed by atoms with Crippen molar-refractivity contribution in [1.29, 1.82) is 0 Å². The Kier molecular flexibility index (Phi) is 5.86. The molecule has 0 saturated heterocycles. The third-order valence-corrected chi connectivity index (χ3v) is 3.97. The van der Waals surface area contributed by atoms with Crippen molar-refractivity contribution in [2.24, 2.45) is 0 Å². The van der Waals surface area contributed by atoms with Crippen LogP contribution in [0.4, 0.5) is 0 Å². The van der Waals surface area contributed by atoms with Crippen molar-refractivity contribution in [3.63, 3.8) is 0 Å². The molecule has 0 aliphatic carbocycles. The number of halogens is 3. The van der Waals surface area contributed by atoms with Crippen molar-refractivity contribution in [1.82, 2.24) is 0 Å². The zero-order valence-corrected chi connectivity index (χ0v) is 13.4. The Hall–Kier alpha value is -1.28. The Bertz CT molecular complexity index is 660. The van der Waals surface area contributed by atoms with E-state index in [2.05, 4.69) is 0 Å². The molecule has 21 heavy (non-hydrogen) atoms. The molecule has 0 N–H and O–H groups in total. The van der Waals surface area contributed by atoms with Gasteiger partial charge < -0.3 is 0 Å². The fourth-order valence-electron chi connectivity index (χ4n) is 1.85. The van der Waals surface area contributed by atoms with Gasteiger partial charge >= 0.3 is 0 Å². The quantitative estimate of drug-likeness (QED) is 0.481. The van der Waals surface area contributed by atoms with Crippen LogP contribution < -0.4 is 0 Å². The van der Waals surface area contributed by atoms with E-state index in [9.17, 15) is 4.79 Å². The average molecular weight is 340 g/mol. The van der Waals surface area contributed by atoms with Crippen LogP contribution in [0.15, 0.2) is 54.6 Å². The highest BCUT2D eigenvalue weighted by Crippen LogP contribution is 2.23. The zero-order chi connectivity index (χ0) is 15.2. The lowest BCUT2D eigenvalue weighted by atomic mass is 10.1. The van der Waals surface area contributed by atoms with Gasteiger partial charge in [-0.25, -0.2) is 0 Å². The number of hydrogen-bond acceptors (Lipinski definition) is 1. The first kappa shape index (κ1) is 16.1. The van der Waals surface area contributed by atoms with E-state index in [0.717, 1.165) is 18.4 Å². The Morgan fingerprint density at radius 1 is 0.952 bits per heavy atom. The SMILES string of the molecule is O=C(/C=C/CCc1ccc(Cl)c(Cl)c1)c1ccc(Cl)cc1. The second-order valence-electron chi connectivity index (χ2n) is 4.56. The highest BCUT2D eigenvalue weighted by atomic mass is 35.5. The summed E-state index contributed by atoms with van der Waals surface area (Å²) in [6, 6.07) is 12.4. The number of allylic oxidation sites excluding steroid dienone is 2. The molecule has 108 valence electrons. The molecule has 0 saturated carbocycles. The van der Waals surface area contributed by atoms with Crippen LogP contribution in [-0.2, 0) is 6.42 Å². The van der Waals surface area contributed by atoms with Gasteiger partial charge in [0.25, 0.3) is 0 Å². The first-order chi connectivity index (χ1) is 10.1. The van der Waals surface area contributed by atoms with E-state index in [1.54, 1.807) is 36.4 Å². The molecule has 0 radical (unpaired) electrons. The number of rotatable bonds is 5. The summed E-state index contributed by atoms with van der Waals surface area (Å²) in [5.41, 5.74) is 1.72. The summed E-state index contributed by atoms with van der Waals surface area (Å²) in [6.07, 6.45) is 5.01. The van der Waals surface area contributed by atoms with Crippen molar-refractivity contribution in [3.8, 4) is 0 Å². The standard InChI is InChI=1S/C17H13Cl3O/c18-14-8-6-13(7-9-14)17(21)4-2-1-3-12-5-10-15(19)16(20)11-12/h2,4-11H,1,3H2/b4-2+. The molecule has 0 bridgehead atoms. The maximum atomic E-state index is 11.9. The number of benzene rings is 2. The highest BCUT2D eigenvalue weighted by Gasteiger charge is 2.01. The van der Waals surface area contributed by atoms with Crippen LogP contribution in [0.3, 0.4) is 0 Å². The minimum atomic E-state index is -0.0270. The van der Waals surface area contributed by atoms with Crippen LogP contribution in [-0.4, -0.2) is 5.78 Å². The van der Waals surface area contributed by atoms with E-state index < -0.39 is 0 Å². The molecule has 0 heterocycles. The van der Waals surface area contributed by atoms with Gasteiger partial charge in [0.05, 0.1) is 10.0 Å². The Balaban J connectivity index is 1.89. The zero-order valence-electron chi connectivity index (χ0n) is 11.2. The minimum Gasteiger partial charge on any atom is -0.289 e. The lowest BCUT2D eigenvalue weighted by Gasteiger charge is -2.01. The van der Waals surface area contributed by atoms with Gasteiger partial charge in [-0.15, -0.1) is 0 Å². The van der Waals surface area contributed by atoms with Crippen LogP contribution in [0.5, 0.6) is 0 Å². The van der Waals surface area contributed by atoms with Gasteiger partial charge in [-0.2, -0.15) is 0 Å². The molecule has 0 spiro atoms. The van der Waals surface area contributed by atoms with Crippen molar-refractivity contribution >= 4 is 40.6 Å². The molecular weight excluding hydrogens is 327 g/mol. The summed E-state index contributed by atoms with van der Waals surface area (Å²) in [4.78, 5) is 11.9. The fourth-order valence-corrected chi connectivity index (χ4v) is 2.29. The van der Waals surface area contributed by atoms with Gasteiger partial charge in [-0.3, -0.25) is 4.79 Å². The summed E-state index contributed by atoms with van der Waals surface area (Å²) >= 11 is 17.6. The molecule has 4 heteroatoms. The molecular formula is C17H13Cl3O. The first-order valence-corrected chi connectivity index (χ1v) is 7.60.